The van der Waals surface area contributed by atoms with Crippen molar-refractivity contribution in [2.24, 2.45) is 11.7 Å². The lowest BCUT2D eigenvalue weighted by Crippen LogP contribution is -2.49. The van der Waals surface area contributed by atoms with E-state index in [-0.39, 0.29) is 19.0 Å². The number of alkyl halides is 3. The van der Waals surface area contributed by atoms with Crippen molar-refractivity contribution in [3.05, 3.63) is 0 Å². The molecule has 1 aliphatic rings. The van der Waals surface area contributed by atoms with Gasteiger partial charge in [0.2, 0.25) is 0 Å². The van der Waals surface area contributed by atoms with E-state index in [0.717, 1.165) is 0 Å². The summed E-state index contributed by atoms with van der Waals surface area (Å²) < 4.78 is 36.6. The van der Waals surface area contributed by atoms with Gasteiger partial charge in [-0.2, -0.15) is 13.2 Å². The zero-order chi connectivity index (χ0) is 9.35. The van der Waals surface area contributed by atoms with E-state index < -0.39 is 12.1 Å². The Hall–Kier alpha value is -0.290. The summed E-state index contributed by atoms with van der Waals surface area (Å²) in [7, 11) is 1.66. The second kappa shape index (κ2) is 3.22. The van der Waals surface area contributed by atoms with Gasteiger partial charge in [-0.25, -0.2) is 0 Å². The van der Waals surface area contributed by atoms with Crippen LogP contribution in [0.2, 0.25) is 0 Å². The lowest BCUT2D eigenvalue weighted by molar-refractivity contribution is -0.186. The number of piperidine rings is 1. The molecule has 2 N–H and O–H groups in total. The van der Waals surface area contributed by atoms with Crippen LogP contribution in [0.4, 0.5) is 13.2 Å². The lowest BCUT2D eigenvalue weighted by atomic mass is 9.95. The molecule has 2 nitrogen and oxygen atoms in total. The van der Waals surface area contributed by atoms with Gasteiger partial charge >= 0.3 is 6.18 Å². The Morgan fingerprint density at radius 1 is 1.33 bits per heavy atom. The Morgan fingerprint density at radius 2 is 1.92 bits per heavy atom. The molecule has 1 saturated heterocycles. The average molecular weight is 182 g/mol. The maximum atomic E-state index is 12.2. The fourth-order valence-corrected chi connectivity index (χ4v) is 1.60. The Kier molecular flexibility index (Phi) is 2.63. The molecule has 2 atom stereocenters. The summed E-state index contributed by atoms with van der Waals surface area (Å²) >= 11 is 0. The molecule has 0 aromatic carbocycles. The average Bonchev–Trinajstić information content (AvgIpc) is 1.82. The smallest absolute Gasteiger partial charge is 0.327 e. The van der Waals surface area contributed by atoms with Crippen LogP contribution < -0.4 is 5.73 Å². The fourth-order valence-electron chi connectivity index (χ4n) is 1.60. The molecule has 0 aromatic rings. The van der Waals surface area contributed by atoms with Crippen molar-refractivity contribution in [1.82, 2.24) is 4.90 Å². The number of nitrogens with zero attached hydrogens (tertiary/aromatic N) is 1. The van der Waals surface area contributed by atoms with Gasteiger partial charge in [0, 0.05) is 19.1 Å². The highest BCUT2D eigenvalue weighted by atomic mass is 19.4. The van der Waals surface area contributed by atoms with Crippen molar-refractivity contribution >= 4 is 0 Å². The molecule has 0 unspecified atom stereocenters. The van der Waals surface area contributed by atoms with Gasteiger partial charge in [0.05, 0.1) is 5.92 Å². The summed E-state index contributed by atoms with van der Waals surface area (Å²) in [5.74, 6) is -1.24. The monoisotopic (exact) mass is 182 g/mol. The molecule has 0 aromatic heterocycles. The number of nitrogens with two attached hydrogens (primary N) is 1. The molecule has 1 heterocycles. The van der Waals surface area contributed by atoms with Crippen LogP contribution in [0.1, 0.15) is 6.42 Å². The quantitative estimate of drug-likeness (QED) is 0.601. The first-order valence-corrected chi connectivity index (χ1v) is 3.90. The molecule has 0 amide bonds. The molecule has 0 bridgehead atoms. The van der Waals surface area contributed by atoms with E-state index in [1.807, 2.05) is 0 Å². The van der Waals surface area contributed by atoms with E-state index in [2.05, 4.69) is 0 Å². The van der Waals surface area contributed by atoms with E-state index in [9.17, 15) is 13.2 Å². The zero-order valence-electron chi connectivity index (χ0n) is 6.93. The van der Waals surface area contributed by atoms with Crippen LogP contribution in [0, 0.1) is 5.92 Å². The van der Waals surface area contributed by atoms with Crippen LogP contribution in [0.5, 0.6) is 0 Å². The van der Waals surface area contributed by atoms with E-state index in [0.29, 0.717) is 6.54 Å². The maximum Gasteiger partial charge on any atom is 0.393 e. The first-order chi connectivity index (χ1) is 5.39. The SMILES string of the molecule is CN1C[C@H](N)C[C@H](C(F)(F)F)C1. The van der Waals surface area contributed by atoms with Gasteiger partial charge in [0.25, 0.3) is 0 Å². The minimum atomic E-state index is -4.09. The van der Waals surface area contributed by atoms with Gasteiger partial charge in [0.15, 0.2) is 0 Å². The topological polar surface area (TPSA) is 29.3 Å². The molecule has 12 heavy (non-hydrogen) atoms. The molecule has 72 valence electrons. The van der Waals surface area contributed by atoms with Crippen molar-refractivity contribution in [2.75, 3.05) is 20.1 Å². The second-order valence-electron chi connectivity index (χ2n) is 3.46. The largest absolute Gasteiger partial charge is 0.393 e. The highest BCUT2D eigenvalue weighted by Crippen LogP contribution is 2.32. The van der Waals surface area contributed by atoms with Crippen molar-refractivity contribution in [3.63, 3.8) is 0 Å². The summed E-state index contributed by atoms with van der Waals surface area (Å²) in [4.78, 5) is 1.63. The van der Waals surface area contributed by atoms with Crippen molar-refractivity contribution in [1.29, 1.82) is 0 Å². The first-order valence-electron chi connectivity index (χ1n) is 3.90. The van der Waals surface area contributed by atoms with E-state index in [1.165, 1.54) is 0 Å². The van der Waals surface area contributed by atoms with Crippen LogP contribution in [0.3, 0.4) is 0 Å². The van der Waals surface area contributed by atoms with E-state index >= 15 is 0 Å². The third kappa shape index (κ3) is 2.35. The molecule has 0 spiro atoms. The van der Waals surface area contributed by atoms with Gasteiger partial charge in [-0.1, -0.05) is 0 Å². The number of halogens is 3. The Balaban J connectivity index is 2.55. The normalized spacial score (nSPS) is 33.8. The van der Waals surface area contributed by atoms with Crippen LogP contribution >= 0.6 is 0 Å². The van der Waals surface area contributed by atoms with Crippen molar-refractivity contribution in [2.45, 2.75) is 18.6 Å². The van der Waals surface area contributed by atoms with Crippen LogP contribution in [0.25, 0.3) is 0 Å². The van der Waals surface area contributed by atoms with Crippen molar-refractivity contribution < 1.29 is 13.2 Å². The first kappa shape index (κ1) is 9.80. The predicted octanol–water partition coefficient (Wildman–Crippen LogP) is 0.828. The summed E-state index contributed by atoms with van der Waals surface area (Å²) in [6, 6.07) is -0.338. The molecule has 0 aliphatic carbocycles. The third-order valence-corrected chi connectivity index (χ3v) is 2.13. The molecule has 1 aliphatic heterocycles. The number of hydrogen-bond donors (Lipinski definition) is 1. The minimum Gasteiger partial charge on any atom is -0.327 e. The fraction of sp³-hybridized carbons (Fsp3) is 1.00. The molecule has 0 saturated carbocycles. The molecule has 0 radical (unpaired) electrons. The van der Waals surface area contributed by atoms with Crippen LogP contribution in [-0.2, 0) is 0 Å². The number of hydrogen-bond acceptors (Lipinski definition) is 2. The molecule has 1 fully saturated rings. The zero-order valence-corrected chi connectivity index (χ0v) is 6.93. The second-order valence-corrected chi connectivity index (χ2v) is 3.46. The predicted molar refractivity (Wildman–Crippen MR) is 39.6 cm³/mol. The highest BCUT2D eigenvalue weighted by Gasteiger charge is 2.42. The molecule has 1 rings (SSSR count). The minimum absolute atomic E-state index is 0.0633. The Bertz CT molecular complexity index is 147. The van der Waals surface area contributed by atoms with Gasteiger partial charge in [-0.05, 0) is 13.5 Å². The summed E-state index contributed by atoms with van der Waals surface area (Å²) in [5, 5.41) is 0. The van der Waals surface area contributed by atoms with E-state index in [1.54, 1.807) is 11.9 Å². The Labute approximate surface area is 69.5 Å². The Morgan fingerprint density at radius 3 is 2.33 bits per heavy atom. The summed E-state index contributed by atoms with van der Waals surface area (Å²) in [6.07, 6.45) is -4.03. The van der Waals surface area contributed by atoms with Crippen molar-refractivity contribution in [3.8, 4) is 0 Å². The van der Waals surface area contributed by atoms with Gasteiger partial charge in [-0.15, -0.1) is 0 Å². The van der Waals surface area contributed by atoms with Crippen LogP contribution in [0.15, 0.2) is 0 Å². The standard InChI is InChI=1S/C7H13F3N2/c1-12-3-5(7(8,9)10)2-6(11)4-12/h5-6H,2-4,11H2,1H3/t5-,6+/m0/s1. The molecular formula is C7H13F3N2. The third-order valence-electron chi connectivity index (χ3n) is 2.13. The van der Waals surface area contributed by atoms with Gasteiger partial charge in [0.1, 0.15) is 0 Å². The maximum absolute atomic E-state index is 12.2. The van der Waals surface area contributed by atoms with Crippen LogP contribution in [-0.4, -0.2) is 37.3 Å². The van der Waals surface area contributed by atoms with Gasteiger partial charge in [-0.3, -0.25) is 0 Å². The van der Waals surface area contributed by atoms with E-state index in [4.69, 9.17) is 5.73 Å². The molecular weight excluding hydrogens is 169 g/mol. The number of rotatable bonds is 0. The highest BCUT2D eigenvalue weighted by molar-refractivity contribution is 4.83. The summed E-state index contributed by atoms with van der Waals surface area (Å²) in [5.41, 5.74) is 5.47. The lowest BCUT2D eigenvalue weighted by Gasteiger charge is -2.34. The number of likely N-dealkylation sites (tertiary alicyclic amines) is 1. The molecule has 5 heteroatoms. The van der Waals surface area contributed by atoms with Gasteiger partial charge < -0.3 is 10.6 Å². The number of likely N-dealkylation sites (N-methyl/N-ethyl adjacent to an activating group) is 1. The summed E-state index contributed by atoms with van der Waals surface area (Å²) in [6.45, 7) is 0.643.